The molecule has 1 saturated carbocycles. The van der Waals surface area contributed by atoms with Crippen LogP contribution in [0.5, 0.6) is 0 Å². The lowest BCUT2D eigenvalue weighted by atomic mass is 10.0. The molecule has 1 heterocycles. The summed E-state index contributed by atoms with van der Waals surface area (Å²) in [5.74, 6) is 0.434. The minimum atomic E-state index is -0.216. The fourth-order valence-corrected chi connectivity index (χ4v) is 2.31. The molecule has 0 amide bonds. The van der Waals surface area contributed by atoms with Crippen LogP contribution in [0.25, 0.3) is 0 Å². The van der Waals surface area contributed by atoms with Crippen LogP contribution in [0.3, 0.4) is 0 Å². The first kappa shape index (κ1) is 14.8. The van der Waals surface area contributed by atoms with Crippen LogP contribution in [0, 0.1) is 5.92 Å². The van der Waals surface area contributed by atoms with Gasteiger partial charge in [-0.25, -0.2) is 0 Å². The summed E-state index contributed by atoms with van der Waals surface area (Å²) in [4.78, 5) is 11.6. The molecule has 0 aromatic rings. The Hall–Kier alpha value is -0.650. The van der Waals surface area contributed by atoms with Crippen molar-refractivity contribution in [1.29, 1.82) is 0 Å². The quantitative estimate of drug-likeness (QED) is 0.529. The molecule has 2 fully saturated rings. The molecule has 5 nitrogen and oxygen atoms in total. The number of rotatable bonds is 8. The molecule has 2 rings (SSSR count). The van der Waals surface area contributed by atoms with Crippen LogP contribution in [-0.2, 0) is 19.0 Å². The van der Waals surface area contributed by atoms with Gasteiger partial charge in [0.1, 0.15) is 6.04 Å². The van der Waals surface area contributed by atoms with Crippen molar-refractivity contribution in [3.05, 3.63) is 0 Å². The number of methoxy groups -OCH3 is 1. The Kier molecular flexibility index (Phi) is 6.07. The van der Waals surface area contributed by atoms with Gasteiger partial charge >= 0.3 is 5.97 Å². The highest BCUT2D eigenvalue weighted by Crippen LogP contribution is 2.20. The SMILES string of the molecule is COC(=O)C(CCOCC1CCOCC1)NC1CC1. The van der Waals surface area contributed by atoms with Gasteiger partial charge in [0.15, 0.2) is 0 Å². The number of esters is 1. The van der Waals surface area contributed by atoms with Crippen molar-refractivity contribution in [1.82, 2.24) is 5.32 Å². The van der Waals surface area contributed by atoms with Crippen LogP contribution >= 0.6 is 0 Å². The molecule has 0 radical (unpaired) electrons. The monoisotopic (exact) mass is 271 g/mol. The average Bonchev–Trinajstić information content (AvgIpc) is 3.26. The molecule has 110 valence electrons. The van der Waals surface area contributed by atoms with Gasteiger partial charge in [0.2, 0.25) is 0 Å². The summed E-state index contributed by atoms with van der Waals surface area (Å²) >= 11 is 0. The van der Waals surface area contributed by atoms with Gasteiger partial charge in [-0.15, -0.1) is 0 Å². The number of hydrogen-bond acceptors (Lipinski definition) is 5. The first-order valence-electron chi connectivity index (χ1n) is 7.29. The van der Waals surface area contributed by atoms with Gasteiger partial charge < -0.3 is 19.5 Å². The lowest BCUT2D eigenvalue weighted by molar-refractivity contribution is -0.143. The first-order valence-corrected chi connectivity index (χ1v) is 7.29. The third kappa shape index (κ3) is 5.47. The molecule has 2 aliphatic rings. The van der Waals surface area contributed by atoms with E-state index in [4.69, 9.17) is 14.2 Å². The normalized spacial score (nSPS) is 22.2. The predicted molar refractivity (Wildman–Crippen MR) is 70.9 cm³/mol. The van der Waals surface area contributed by atoms with E-state index in [0.717, 1.165) is 45.5 Å². The molecule has 1 aliphatic carbocycles. The van der Waals surface area contributed by atoms with Crippen molar-refractivity contribution >= 4 is 5.97 Å². The lowest BCUT2D eigenvalue weighted by Gasteiger charge is -2.22. The van der Waals surface area contributed by atoms with Crippen molar-refractivity contribution in [2.75, 3.05) is 33.5 Å². The molecular weight excluding hydrogens is 246 g/mol. The van der Waals surface area contributed by atoms with Gasteiger partial charge in [0, 0.05) is 32.5 Å². The van der Waals surface area contributed by atoms with E-state index in [2.05, 4.69) is 5.32 Å². The van der Waals surface area contributed by atoms with Crippen LogP contribution in [-0.4, -0.2) is 51.6 Å². The molecule has 0 aromatic carbocycles. The van der Waals surface area contributed by atoms with Gasteiger partial charge in [0.25, 0.3) is 0 Å². The van der Waals surface area contributed by atoms with Gasteiger partial charge in [-0.05, 0) is 38.0 Å². The van der Waals surface area contributed by atoms with E-state index in [1.165, 1.54) is 7.11 Å². The van der Waals surface area contributed by atoms with Crippen LogP contribution in [0.15, 0.2) is 0 Å². The van der Waals surface area contributed by atoms with Crippen molar-refractivity contribution in [3.63, 3.8) is 0 Å². The smallest absolute Gasteiger partial charge is 0.322 e. The molecule has 0 aromatic heterocycles. The van der Waals surface area contributed by atoms with E-state index < -0.39 is 0 Å². The van der Waals surface area contributed by atoms with E-state index in [1.54, 1.807) is 0 Å². The van der Waals surface area contributed by atoms with Crippen molar-refractivity contribution in [2.45, 2.75) is 44.2 Å². The zero-order valence-electron chi connectivity index (χ0n) is 11.7. The number of carbonyl (C=O) groups is 1. The maximum Gasteiger partial charge on any atom is 0.322 e. The van der Waals surface area contributed by atoms with Crippen molar-refractivity contribution in [3.8, 4) is 0 Å². The highest BCUT2D eigenvalue weighted by Gasteiger charge is 2.28. The molecule has 19 heavy (non-hydrogen) atoms. The Bertz CT molecular complexity index is 275. The Morgan fingerprint density at radius 2 is 2.05 bits per heavy atom. The molecule has 1 N–H and O–H groups in total. The minimum Gasteiger partial charge on any atom is -0.468 e. The van der Waals surface area contributed by atoms with Crippen molar-refractivity contribution in [2.24, 2.45) is 5.92 Å². The second-order valence-electron chi connectivity index (χ2n) is 5.44. The Balaban J connectivity index is 1.59. The summed E-state index contributed by atoms with van der Waals surface area (Å²) in [5.41, 5.74) is 0. The maximum atomic E-state index is 11.6. The number of ether oxygens (including phenoxy) is 3. The third-order valence-electron chi connectivity index (χ3n) is 3.75. The van der Waals surface area contributed by atoms with Gasteiger partial charge in [-0.1, -0.05) is 0 Å². The largest absolute Gasteiger partial charge is 0.468 e. The van der Waals surface area contributed by atoms with Crippen LogP contribution in [0.4, 0.5) is 0 Å². The van der Waals surface area contributed by atoms with Crippen LogP contribution in [0.2, 0.25) is 0 Å². The van der Waals surface area contributed by atoms with Crippen LogP contribution in [0.1, 0.15) is 32.1 Å². The van der Waals surface area contributed by atoms with Gasteiger partial charge in [-0.2, -0.15) is 0 Å². The highest BCUT2D eigenvalue weighted by molar-refractivity contribution is 5.75. The standard InChI is InChI=1S/C14H25NO4/c1-17-14(16)13(15-12-2-3-12)6-9-19-10-11-4-7-18-8-5-11/h11-13,15H,2-10H2,1H3. The van der Waals surface area contributed by atoms with Crippen molar-refractivity contribution < 1.29 is 19.0 Å². The molecule has 1 aliphatic heterocycles. The van der Waals surface area contributed by atoms with E-state index in [1.807, 2.05) is 0 Å². The van der Waals surface area contributed by atoms with E-state index in [-0.39, 0.29) is 12.0 Å². The zero-order valence-corrected chi connectivity index (χ0v) is 11.7. The van der Waals surface area contributed by atoms with Crippen LogP contribution < -0.4 is 5.32 Å². The second-order valence-corrected chi connectivity index (χ2v) is 5.44. The zero-order chi connectivity index (χ0) is 13.5. The number of carbonyl (C=O) groups excluding carboxylic acids is 1. The predicted octanol–water partition coefficient (Wildman–Crippen LogP) is 1.11. The molecule has 0 spiro atoms. The Labute approximate surface area is 115 Å². The number of nitrogens with one attached hydrogen (secondary N) is 1. The minimum absolute atomic E-state index is 0.179. The molecule has 1 atom stereocenters. The summed E-state index contributed by atoms with van der Waals surface area (Å²) in [5, 5.41) is 3.31. The maximum absolute atomic E-state index is 11.6. The summed E-state index contributed by atoms with van der Waals surface area (Å²) in [7, 11) is 1.44. The summed E-state index contributed by atoms with van der Waals surface area (Å²) in [6.07, 6.45) is 5.18. The van der Waals surface area contributed by atoms with Gasteiger partial charge in [0.05, 0.1) is 7.11 Å². The first-order chi connectivity index (χ1) is 9.29. The molecular formula is C14H25NO4. The number of hydrogen-bond donors (Lipinski definition) is 1. The fourth-order valence-electron chi connectivity index (χ4n) is 2.31. The van der Waals surface area contributed by atoms with Gasteiger partial charge in [-0.3, -0.25) is 4.79 Å². The topological polar surface area (TPSA) is 56.8 Å². The summed E-state index contributed by atoms with van der Waals surface area (Å²) < 4.78 is 15.8. The Morgan fingerprint density at radius 3 is 2.68 bits per heavy atom. The lowest BCUT2D eigenvalue weighted by Crippen LogP contribution is -2.40. The average molecular weight is 271 g/mol. The summed E-state index contributed by atoms with van der Waals surface area (Å²) in [6.45, 7) is 3.08. The highest BCUT2D eigenvalue weighted by atomic mass is 16.5. The summed E-state index contributed by atoms with van der Waals surface area (Å²) in [6, 6.07) is 0.284. The molecule has 5 heteroatoms. The Morgan fingerprint density at radius 1 is 1.32 bits per heavy atom. The third-order valence-corrected chi connectivity index (χ3v) is 3.75. The molecule has 1 saturated heterocycles. The van der Waals surface area contributed by atoms with E-state index >= 15 is 0 Å². The van der Waals surface area contributed by atoms with E-state index in [9.17, 15) is 4.79 Å². The molecule has 1 unspecified atom stereocenters. The fraction of sp³-hybridized carbons (Fsp3) is 0.929. The second kappa shape index (κ2) is 7.82. The van der Waals surface area contributed by atoms with E-state index in [0.29, 0.717) is 25.0 Å². The molecule has 0 bridgehead atoms.